The van der Waals surface area contributed by atoms with Gasteiger partial charge in [-0.25, -0.2) is 0 Å². The highest BCUT2D eigenvalue weighted by Crippen LogP contribution is 2.35. The van der Waals surface area contributed by atoms with Crippen LogP contribution in [0.5, 0.6) is 5.75 Å². The largest absolute Gasteiger partial charge is 0.497 e. The maximum absolute atomic E-state index is 12.7. The van der Waals surface area contributed by atoms with Crippen molar-refractivity contribution in [2.45, 2.75) is 32.2 Å². The van der Waals surface area contributed by atoms with Crippen molar-refractivity contribution < 1.29 is 9.53 Å². The fraction of sp³-hybridized carbons (Fsp3) is 0.435. The molecule has 1 aliphatic carbocycles. The smallest absolute Gasteiger partial charge is 0.166 e. The first-order valence-corrected chi connectivity index (χ1v) is 9.70. The third kappa shape index (κ3) is 3.68. The molecule has 2 aliphatic rings. The van der Waals surface area contributed by atoms with Crippen molar-refractivity contribution in [3.05, 3.63) is 65.2 Å². The highest BCUT2D eigenvalue weighted by atomic mass is 16.5. The molecular weight excluding hydrogens is 322 g/mol. The van der Waals surface area contributed by atoms with E-state index in [0.29, 0.717) is 11.7 Å². The second-order valence-corrected chi connectivity index (χ2v) is 7.73. The number of fused-ring (bicyclic) bond motifs is 1. The summed E-state index contributed by atoms with van der Waals surface area (Å²) in [5.74, 6) is 2.04. The van der Waals surface area contributed by atoms with Crippen LogP contribution in [0.15, 0.2) is 48.5 Å². The fourth-order valence-electron chi connectivity index (χ4n) is 4.50. The van der Waals surface area contributed by atoms with Gasteiger partial charge in [0.15, 0.2) is 5.78 Å². The molecule has 0 radical (unpaired) electrons. The molecular formula is C23H27NO2. The molecule has 2 aromatic rings. The Morgan fingerprint density at radius 2 is 1.85 bits per heavy atom. The highest BCUT2D eigenvalue weighted by Gasteiger charge is 2.33. The van der Waals surface area contributed by atoms with Crippen molar-refractivity contribution in [1.29, 1.82) is 0 Å². The minimum Gasteiger partial charge on any atom is -0.497 e. The molecule has 1 saturated heterocycles. The number of rotatable bonds is 5. The minimum absolute atomic E-state index is 0.169. The van der Waals surface area contributed by atoms with E-state index in [-0.39, 0.29) is 5.92 Å². The average molecular weight is 349 g/mol. The van der Waals surface area contributed by atoms with Crippen LogP contribution in [0.3, 0.4) is 0 Å². The zero-order valence-corrected chi connectivity index (χ0v) is 15.5. The Balaban J connectivity index is 1.30. The van der Waals surface area contributed by atoms with Crippen LogP contribution in [0, 0.1) is 11.8 Å². The van der Waals surface area contributed by atoms with Crippen molar-refractivity contribution in [1.82, 2.24) is 4.90 Å². The molecule has 3 nitrogen and oxygen atoms in total. The monoisotopic (exact) mass is 349 g/mol. The summed E-state index contributed by atoms with van der Waals surface area (Å²) in [5.41, 5.74) is 3.47. The summed E-state index contributed by atoms with van der Waals surface area (Å²) in [7, 11) is 1.68. The number of nitrogens with zero attached hydrogens (tertiary/aromatic N) is 1. The number of carbonyl (C=O) groups excluding carboxylic acids is 1. The van der Waals surface area contributed by atoms with E-state index in [1.165, 1.54) is 24.0 Å². The molecule has 2 aromatic carbocycles. The summed E-state index contributed by atoms with van der Waals surface area (Å²) < 4.78 is 5.30. The third-order valence-corrected chi connectivity index (χ3v) is 5.99. The van der Waals surface area contributed by atoms with E-state index in [2.05, 4.69) is 35.2 Å². The van der Waals surface area contributed by atoms with Crippen molar-refractivity contribution >= 4 is 5.78 Å². The number of ether oxygens (including phenoxy) is 1. The predicted octanol–water partition coefficient (Wildman–Crippen LogP) is 4.35. The lowest BCUT2D eigenvalue weighted by molar-refractivity contribution is 0.0896. The van der Waals surface area contributed by atoms with E-state index in [4.69, 9.17) is 4.74 Å². The van der Waals surface area contributed by atoms with Crippen molar-refractivity contribution in [2.24, 2.45) is 11.8 Å². The SMILES string of the molecule is COc1ccc2c(c1)CC(CC1CCN(Cc3ccccc3)CC1)C2=O. The summed E-state index contributed by atoms with van der Waals surface area (Å²) in [6, 6.07) is 16.6. The van der Waals surface area contributed by atoms with Crippen LogP contribution in [0.25, 0.3) is 0 Å². The number of hydrogen-bond acceptors (Lipinski definition) is 3. The van der Waals surface area contributed by atoms with Gasteiger partial charge in [0.05, 0.1) is 7.11 Å². The van der Waals surface area contributed by atoms with Gasteiger partial charge in [-0.1, -0.05) is 30.3 Å². The van der Waals surface area contributed by atoms with E-state index in [1.54, 1.807) is 7.11 Å². The highest BCUT2D eigenvalue weighted by molar-refractivity contribution is 6.02. The van der Waals surface area contributed by atoms with E-state index in [9.17, 15) is 4.79 Å². The van der Waals surface area contributed by atoms with Crippen molar-refractivity contribution in [3.63, 3.8) is 0 Å². The molecule has 1 unspecified atom stereocenters. The second-order valence-electron chi connectivity index (χ2n) is 7.73. The third-order valence-electron chi connectivity index (χ3n) is 5.99. The Kier molecular flexibility index (Phi) is 5.07. The van der Waals surface area contributed by atoms with Gasteiger partial charge in [0, 0.05) is 18.0 Å². The molecule has 0 amide bonds. The standard InChI is InChI=1S/C23H27NO2/c1-26-21-7-8-22-19(15-21)14-20(23(22)25)13-17-9-11-24(12-10-17)16-18-5-3-2-4-6-18/h2-8,15,17,20H,9-14,16H2,1H3. The zero-order valence-electron chi connectivity index (χ0n) is 15.5. The van der Waals surface area contributed by atoms with Crippen molar-refractivity contribution in [2.75, 3.05) is 20.2 Å². The van der Waals surface area contributed by atoms with Crippen LogP contribution >= 0.6 is 0 Å². The fourth-order valence-corrected chi connectivity index (χ4v) is 4.50. The topological polar surface area (TPSA) is 29.5 Å². The maximum Gasteiger partial charge on any atom is 0.166 e. The zero-order chi connectivity index (χ0) is 17.9. The molecule has 1 fully saturated rings. The van der Waals surface area contributed by atoms with E-state index >= 15 is 0 Å². The molecule has 3 heteroatoms. The van der Waals surface area contributed by atoms with Crippen molar-refractivity contribution in [3.8, 4) is 5.75 Å². The van der Waals surface area contributed by atoms with Gasteiger partial charge in [-0.2, -0.15) is 0 Å². The Labute approximate surface area is 156 Å². The number of likely N-dealkylation sites (tertiary alicyclic amines) is 1. The van der Waals surface area contributed by atoms with E-state index < -0.39 is 0 Å². The van der Waals surface area contributed by atoms with Crippen LogP contribution in [0.4, 0.5) is 0 Å². The number of methoxy groups -OCH3 is 1. The van der Waals surface area contributed by atoms with Crippen LogP contribution in [-0.4, -0.2) is 30.9 Å². The minimum atomic E-state index is 0.169. The van der Waals surface area contributed by atoms with Gasteiger partial charge in [0.25, 0.3) is 0 Å². The van der Waals surface area contributed by atoms with Gasteiger partial charge in [-0.15, -0.1) is 0 Å². The molecule has 1 atom stereocenters. The Morgan fingerprint density at radius 1 is 1.08 bits per heavy atom. The quantitative estimate of drug-likeness (QED) is 0.803. The summed E-state index contributed by atoms with van der Waals surface area (Å²) >= 11 is 0. The molecule has 0 aromatic heterocycles. The number of hydrogen-bond donors (Lipinski definition) is 0. The lowest BCUT2D eigenvalue weighted by Gasteiger charge is -2.32. The number of piperidine rings is 1. The van der Waals surface area contributed by atoms with Gasteiger partial charge >= 0.3 is 0 Å². The molecule has 1 aliphatic heterocycles. The second kappa shape index (κ2) is 7.63. The summed E-state index contributed by atoms with van der Waals surface area (Å²) in [5, 5.41) is 0. The number of Topliss-reactive ketones (excluding diaryl/α,β-unsaturated/α-hetero) is 1. The Hall–Kier alpha value is -2.13. The average Bonchev–Trinajstić information content (AvgIpc) is 2.99. The first-order valence-electron chi connectivity index (χ1n) is 9.70. The van der Waals surface area contributed by atoms with Gasteiger partial charge in [0.1, 0.15) is 5.75 Å². The molecule has 0 saturated carbocycles. The van der Waals surface area contributed by atoms with Crippen LogP contribution in [0.1, 0.15) is 40.7 Å². The first kappa shape index (κ1) is 17.3. The summed E-state index contributed by atoms with van der Waals surface area (Å²) in [4.78, 5) is 15.3. The number of ketones is 1. The van der Waals surface area contributed by atoms with Crippen LogP contribution in [0.2, 0.25) is 0 Å². The molecule has 0 N–H and O–H groups in total. The first-order chi connectivity index (χ1) is 12.7. The normalized spacial score (nSPS) is 21.0. The lowest BCUT2D eigenvalue weighted by Crippen LogP contribution is -2.34. The van der Waals surface area contributed by atoms with E-state index in [1.807, 2.05) is 18.2 Å². The van der Waals surface area contributed by atoms with Crippen LogP contribution in [-0.2, 0) is 13.0 Å². The summed E-state index contributed by atoms with van der Waals surface area (Å²) in [6.07, 6.45) is 4.33. The Morgan fingerprint density at radius 3 is 2.58 bits per heavy atom. The lowest BCUT2D eigenvalue weighted by atomic mass is 9.85. The Bertz CT molecular complexity index is 763. The molecule has 1 heterocycles. The molecule has 0 bridgehead atoms. The number of carbonyl (C=O) groups is 1. The molecule has 136 valence electrons. The number of benzene rings is 2. The van der Waals surface area contributed by atoms with Gasteiger partial charge in [0.2, 0.25) is 0 Å². The van der Waals surface area contributed by atoms with E-state index in [0.717, 1.165) is 43.8 Å². The predicted molar refractivity (Wildman–Crippen MR) is 104 cm³/mol. The summed E-state index contributed by atoms with van der Waals surface area (Å²) in [6.45, 7) is 3.32. The molecule has 4 rings (SSSR count). The molecule has 26 heavy (non-hydrogen) atoms. The molecule has 0 spiro atoms. The van der Waals surface area contributed by atoms with Crippen LogP contribution < -0.4 is 4.74 Å². The maximum atomic E-state index is 12.7. The van der Waals surface area contributed by atoms with Gasteiger partial charge < -0.3 is 4.74 Å². The van der Waals surface area contributed by atoms with Gasteiger partial charge in [-0.3, -0.25) is 9.69 Å². The van der Waals surface area contributed by atoms with Gasteiger partial charge in [-0.05, 0) is 74.0 Å².